The summed E-state index contributed by atoms with van der Waals surface area (Å²) in [5, 5.41) is 14.6. The number of carbonyl (C=O) groups excluding carboxylic acids is 1. The Morgan fingerprint density at radius 1 is 1.08 bits per heavy atom. The lowest BCUT2D eigenvalue weighted by Crippen LogP contribution is -2.28. The fourth-order valence-corrected chi connectivity index (χ4v) is 5.34. The molecule has 7 rings (SSSR count). The van der Waals surface area contributed by atoms with E-state index in [0.717, 1.165) is 36.0 Å². The van der Waals surface area contributed by atoms with Crippen LogP contribution in [0, 0.1) is 11.7 Å². The Bertz CT molecular complexity index is 1790. The number of amides is 1. The topological polar surface area (TPSA) is 112 Å². The number of rotatable bonds is 5. The van der Waals surface area contributed by atoms with Gasteiger partial charge in [0.25, 0.3) is 0 Å². The van der Waals surface area contributed by atoms with E-state index in [0.29, 0.717) is 44.8 Å². The summed E-state index contributed by atoms with van der Waals surface area (Å²) in [6.07, 6.45) is 7.77. The predicted octanol–water partition coefficient (Wildman–Crippen LogP) is 6.17. The normalized spacial score (nSPS) is 13.8. The van der Waals surface area contributed by atoms with Crippen LogP contribution in [0.3, 0.4) is 0 Å². The quantitative estimate of drug-likeness (QED) is 0.257. The fraction of sp³-hybridized carbons (Fsp3) is 0.148. The number of hydrogen-bond donors (Lipinski definition) is 3. The number of hydrogen-bond acceptors (Lipinski definition) is 6. The number of H-pyrrole nitrogens is 2. The van der Waals surface area contributed by atoms with Crippen LogP contribution in [0.2, 0.25) is 0 Å². The van der Waals surface area contributed by atoms with Crippen LogP contribution >= 0.6 is 11.3 Å². The van der Waals surface area contributed by atoms with Crippen molar-refractivity contribution >= 4 is 44.9 Å². The zero-order valence-corrected chi connectivity index (χ0v) is 20.3. The average Bonchev–Trinajstić information content (AvgIpc) is 3.62. The monoisotopic (exact) mass is 509 g/mol. The van der Waals surface area contributed by atoms with Gasteiger partial charge in [-0.1, -0.05) is 6.42 Å². The predicted molar refractivity (Wildman–Crippen MR) is 141 cm³/mol. The second-order valence-corrected chi connectivity index (χ2v) is 9.93. The first-order valence-electron chi connectivity index (χ1n) is 12.0. The molecule has 6 aromatic rings. The second-order valence-electron chi connectivity index (χ2n) is 9.15. The van der Waals surface area contributed by atoms with E-state index in [-0.39, 0.29) is 11.8 Å². The molecule has 1 aliphatic carbocycles. The highest BCUT2D eigenvalue weighted by atomic mass is 32.1. The van der Waals surface area contributed by atoms with Crippen LogP contribution in [0.4, 0.5) is 10.1 Å². The molecule has 1 fully saturated rings. The van der Waals surface area contributed by atoms with Gasteiger partial charge in [-0.15, -0.1) is 0 Å². The van der Waals surface area contributed by atoms with Gasteiger partial charge in [0.15, 0.2) is 5.82 Å². The number of nitrogens with one attached hydrogen (secondary N) is 3. The maximum atomic E-state index is 16.1. The van der Waals surface area contributed by atoms with E-state index in [1.807, 2.05) is 22.9 Å². The molecule has 0 saturated heterocycles. The molecule has 5 heterocycles. The molecule has 182 valence electrons. The second kappa shape index (κ2) is 8.59. The zero-order valence-electron chi connectivity index (χ0n) is 19.5. The summed E-state index contributed by atoms with van der Waals surface area (Å²) in [6.45, 7) is 0. The van der Waals surface area contributed by atoms with Crippen molar-refractivity contribution in [3.63, 3.8) is 0 Å². The SMILES string of the molecule is O=C(Nc1cncc(-c2ccc3[nH]nc(-c4nc5c(-c6ccsc6)nccc5[nH]4)c3c2F)c1)C1CCC1. The van der Waals surface area contributed by atoms with Crippen LogP contribution in [-0.4, -0.2) is 36.0 Å². The van der Waals surface area contributed by atoms with Gasteiger partial charge in [0, 0.05) is 40.4 Å². The largest absolute Gasteiger partial charge is 0.336 e. The Hall–Kier alpha value is -4.44. The van der Waals surface area contributed by atoms with Crippen LogP contribution in [0.1, 0.15) is 19.3 Å². The summed E-state index contributed by atoms with van der Waals surface area (Å²) in [5.74, 6) is 0.0347. The fourth-order valence-electron chi connectivity index (χ4n) is 4.70. The van der Waals surface area contributed by atoms with Crippen molar-refractivity contribution < 1.29 is 9.18 Å². The lowest BCUT2D eigenvalue weighted by molar-refractivity contribution is -0.122. The summed E-state index contributed by atoms with van der Waals surface area (Å²) >= 11 is 1.59. The lowest BCUT2D eigenvalue weighted by atomic mass is 9.85. The summed E-state index contributed by atoms with van der Waals surface area (Å²) in [5.41, 5.74) is 5.62. The van der Waals surface area contributed by atoms with Gasteiger partial charge in [-0.05, 0) is 48.6 Å². The highest BCUT2D eigenvalue weighted by Crippen LogP contribution is 2.36. The van der Waals surface area contributed by atoms with Gasteiger partial charge in [-0.3, -0.25) is 19.9 Å². The van der Waals surface area contributed by atoms with Gasteiger partial charge in [0.2, 0.25) is 5.91 Å². The molecule has 1 aromatic carbocycles. The Morgan fingerprint density at radius 3 is 2.81 bits per heavy atom. The number of nitrogens with zero attached hydrogens (tertiary/aromatic N) is 4. The first-order valence-corrected chi connectivity index (χ1v) is 12.9. The van der Waals surface area contributed by atoms with Crippen LogP contribution in [0.15, 0.2) is 59.7 Å². The first kappa shape index (κ1) is 21.8. The molecule has 10 heteroatoms. The van der Waals surface area contributed by atoms with E-state index in [1.165, 1.54) is 0 Å². The van der Waals surface area contributed by atoms with Crippen molar-refractivity contribution in [1.29, 1.82) is 0 Å². The summed E-state index contributed by atoms with van der Waals surface area (Å²) in [6, 6.07) is 9.05. The molecule has 1 amide bonds. The number of fused-ring (bicyclic) bond motifs is 2. The van der Waals surface area contributed by atoms with Crippen LogP contribution in [0.25, 0.3) is 55.8 Å². The minimum absolute atomic E-state index is 0.0144. The molecule has 0 bridgehead atoms. The maximum Gasteiger partial charge on any atom is 0.227 e. The number of pyridine rings is 2. The lowest BCUT2D eigenvalue weighted by Gasteiger charge is -2.24. The minimum atomic E-state index is -0.442. The highest BCUT2D eigenvalue weighted by Gasteiger charge is 2.25. The van der Waals surface area contributed by atoms with E-state index >= 15 is 4.39 Å². The third-order valence-electron chi connectivity index (χ3n) is 6.88. The Kier molecular flexibility index (Phi) is 5.07. The molecule has 0 atom stereocenters. The summed E-state index contributed by atoms with van der Waals surface area (Å²) in [7, 11) is 0. The van der Waals surface area contributed by atoms with Crippen LogP contribution < -0.4 is 5.32 Å². The molecule has 0 spiro atoms. The van der Waals surface area contributed by atoms with Crippen LogP contribution in [0.5, 0.6) is 0 Å². The molecule has 5 aromatic heterocycles. The third-order valence-corrected chi connectivity index (χ3v) is 7.56. The van der Waals surface area contributed by atoms with Crippen molar-refractivity contribution in [2.75, 3.05) is 5.32 Å². The summed E-state index contributed by atoms with van der Waals surface area (Å²) < 4.78 is 16.1. The van der Waals surface area contributed by atoms with Crippen LogP contribution in [-0.2, 0) is 4.79 Å². The van der Waals surface area contributed by atoms with E-state index in [4.69, 9.17) is 4.98 Å². The van der Waals surface area contributed by atoms with Crippen molar-refractivity contribution in [1.82, 2.24) is 30.1 Å². The van der Waals surface area contributed by atoms with Gasteiger partial charge in [0.05, 0.1) is 34.0 Å². The van der Waals surface area contributed by atoms with Gasteiger partial charge in [-0.25, -0.2) is 9.37 Å². The molecule has 0 radical (unpaired) electrons. The highest BCUT2D eigenvalue weighted by molar-refractivity contribution is 7.08. The minimum Gasteiger partial charge on any atom is -0.336 e. The molecule has 0 unspecified atom stereocenters. The molecule has 37 heavy (non-hydrogen) atoms. The Balaban J connectivity index is 1.30. The molecule has 1 aliphatic rings. The number of aromatic nitrogens is 6. The summed E-state index contributed by atoms with van der Waals surface area (Å²) in [4.78, 5) is 29.2. The molecule has 3 N–H and O–H groups in total. The standard InChI is InChI=1S/C27H20FN7OS/c28-22-18(16-10-17(12-29-11-16)31-27(36)14-2-1-3-14)4-5-19-21(22)25(35-34-19)26-32-20-6-8-30-23(24(20)33-26)15-7-9-37-13-15/h4-14H,1-3H2,(H,31,36)(H,32,33)(H,34,35). The van der Waals surface area contributed by atoms with Gasteiger partial charge < -0.3 is 10.3 Å². The molecular formula is C27H20FN7OS. The number of halogens is 1. The van der Waals surface area contributed by atoms with E-state index in [1.54, 1.807) is 48.1 Å². The van der Waals surface area contributed by atoms with Crippen molar-refractivity contribution in [2.45, 2.75) is 19.3 Å². The van der Waals surface area contributed by atoms with Crippen molar-refractivity contribution in [2.24, 2.45) is 5.92 Å². The Labute approximate surface area is 214 Å². The van der Waals surface area contributed by atoms with E-state index in [9.17, 15) is 4.79 Å². The van der Waals surface area contributed by atoms with E-state index in [2.05, 4.69) is 30.5 Å². The zero-order chi connectivity index (χ0) is 24.9. The Morgan fingerprint density at radius 2 is 2.00 bits per heavy atom. The number of thiophene rings is 1. The van der Waals surface area contributed by atoms with Crippen molar-refractivity contribution in [3.05, 3.63) is 65.5 Å². The van der Waals surface area contributed by atoms with E-state index < -0.39 is 5.82 Å². The molecule has 8 nitrogen and oxygen atoms in total. The number of aromatic amines is 2. The third kappa shape index (κ3) is 3.68. The van der Waals surface area contributed by atoms with Gasteiger partial charge in [-0.2, -0.15) is 16.4 Å². The smallest absolute Gasteiger partial charge is 0.227 e. The molecule has 0 aliphatic heterocycles. The van der Waals surface area contributed by atoms with Gasteiger partial charge >= 0.3 is 0 Å². The number of anilines is 1. The average molecular weight is 510 g/mol. The van der Waals surface area contributed by atoms with Gasteiger partial charge in [0.1, 0.15) is 17.0 Å². The maximum absolute atomic E-state index is 16.1. The number of carbonyl (C=O) groups is 1. The number of benzene rings is 1. The molecular weight excluding hydrogens is 489 g/mol. The molecule has 1 saturated carbocycles. The van der Waals surface area contributed by atoms with Crippen molar-refractivity contribution in [3.8, 4) is 33.9 Å². The first-order chi connectivity index (χ1) is 18.2. The number of imidazole rings is 1.